The Labute approximate surface area is 199 Å². The summed E-state index contributed by atoms with van der Waals surface area (Å²) in [4.78, 5) is 17.8. The summed E-state index contributed by atoms with van der Waals surface area (Å²) >= 11 is 5.65. The SMILES string of the molecule is CC1(C)CN(Cc2c(C3CC3)ccc(F)c2C(=O)O)CCC1Oc1cc(C(F)(F)F)c(Cl)cn1. The fourth-order valence-electron chi connectivity index (χ4n) is 4.69. The van der Waals surface area contributed by atoms with Crippen LogP contribution in [0.25, 0.3) is 0 Å². The molecular formula is C24H25ClF4N2O3. The van der Waals surface area contributed by atoms with E-state index < -0.39 is 40.1 Å². The van der Waals surface area contributed by atoms with Crippen LogP contribution in [0.15, 0.2) is 24.4 Å². The number of likely N-dealkylation sites (tertiary alicyclic amines) is 1. The number of ether oxygens (including phenoxy) is 1. The normalized spacial score (nSPS) is 20.9. The molecular weight excluding hydrogens is 476 g/mol. The van der Waals surface area contributed by atoms with E-state index in [1.165, 1.54) is 6.07 Å². The Morgan fingerprint density at radius 3 is 2.59 bits per heavy atom. The molecule has 2 aliphatic rings. The Morgan fingerprint density at radius 1 is 1.29 bits per heavy atom. The number of aromatic nitrogens is 1. The van der Waals surface area contributed by atoms with Crippen molar-refractivity contribution in [3.05, 3.63) is 57.5 Å². The number of nitrogens with zero attached hydrogens (tertiary/aromatic N) is 2. The largest absolute Gasteiger partial charge is 0.478 e. The van der Waals surface area contributed by atoms with Gasteiger partial charge in [0.1, 0.15) is 11.9 Å². The van der Waals surface area contributed by atoms with Crippen molar-refractivity contribution in [2.24, 2.45) is 5.41 Å². The molecule has 1 atom stereocenters. The van der Waals surface area contributed by atoms with Crippen molar-refractivity contribution in [2.45, 2.75) is 57.9 Å². The highest BCUT2D eigenvalue weighted by Crippen LogP contribution is 2.44. The highest BCUT2D eigenvalue weighted by atomic mass is 35.5. The van der Waals surface area contributed by atoms with Crippen LogP contribution in [0.3, 0.4) is 0 Å². The third-order valence-electron chi connectivity index (χ3n) is 6.52. The number of pyridine rings is 1. The van der Waals surface area contributed by atoms with Gasteiger partial charge in [0.15, 0.2) is 0 Å². The first-order valence-corrected chi connectivity index (χ1v) is 11.4. The number of aromatic carboxylic acids is 1. The Hall–Kier alpha value is -2.39. The lowest BCUT2D eigenvalue weighted by Gasteiger charge is -2.44. The van der Waals surface area contributed by atoms with Gasteiger partial charge in [0.2, 0.25) is 5.88 Å². The standard InChI is InChI=1S/C24H25ClF4N2O3/c1-23(2)12-31(11-15-14(13-3-4-13)5-6-18(26)21(15)22(32)33)8-7-19(23)34-20-9-16(24(27,28)29)17(25)10-30-20/h5-6,9-10,13,19H,3-4,7-8,11-12H2,1-2H3,(H,32,33). The molecule has 2 heterocycles. The van der Waals surface area contributed by atoms with E-state index in [1.807, 2.05) is 18.7 Å². The van der Waals surface area contributed by atoms with Gasteiger partial charge in [0.05, 0.1) is 22.3 Å². The minimum absolute atomic E-state index is 0.155. The molecule has 0 spiro atoms. The predicted molar refractivity (Wildman–Crippen MR) is 118 cm³/mol. The van der Waals surface area contributed by atoms with Crippen LogP contribution >= 0.6 is 11.6 Å². The van der Waals surface area contributed by atoms with Gasteiger partial charge in [-0.1, -0.05) is 31.5 Å². The topological polar surface area (TPSA) is 62.7 Å². The van der Waals surface area contributed by atoms with Gasteiger partial charge in [-0.3, -0.25) is 4.90 Å². The maximum absolute atomic E-state index is 14.4. The van der Waals surface area contributed by atoms with Gasteiger partial charge in [-0.15, -0.1) is 0 Å². The second-order valence-electron chi connectivity index (χ2n) is 9.66. The number of carboxylic acid groups (broad SMARTS) is 1. The molecule has 5 nitrogen and oxygen atoms in total. The number of benzene rings is 1. The van der Waals surface area contributed by atoms with Crippen LogP contribution < -0.4 is 4.74 Å². The van der Waals surface area contributed by atoms with E-state index in [2.05, 4.69) is 4.98 Å². The summed E-state index contributed by atoms with van der Waals surface area (Å²) < 4.78 is 59.8. The number of hydrogen-bond acceptors (Lipinski definition) is 4. The van der Waals surface area contributed by atoms with E-state index in [-0.39, 0.29) is 23.9 Å². The Balaban J connectivity index is 1.52. The van der Waals surface area contributed by atoms with Crippen molar-refractivity contribution in [1.29, 1.82) is 0 Å². The number of alkyl halides is 3. The van der Waals surface area contributed by atoms with Crippen LogP contribution in [0.2, 0.25) is 5.02 Å². The molecule has 1 saturated carbocycles. The molecule has 2 aromatic rings. The van der Waals surface area contributed by atoms with Crippen molar-refractivity contribution < 1.29 is 32.2 Å². The number of carbonyl (C=O) groups is 1. The second kappa shape index (κ2) is 9.00. The van der Waals surface area contributed by atoms with Crippen molar-refractivity contribution in [3.63, 3.8) is 0 Å². The van der Waals surface area contributed by atoms with Crippen molar-refractivity contribution in [2.75, 3.05) is 13.1 Å². The average Bonchev–Trinajstić information content (AvgIpc) is 3.55. The van der Waals surface area contributed by atoms with Crippen LogP contribution in [0, 0.1) is 11.2 Å². The highest BCUT2D eigenvalue weighted by Gasteiger charge is 2.40. The molecule has 1 aromatic carbocycles. The van der Waals surface area contributed by atoms with Gasteiger partial charge in [-0.2, -0.15) is 13.2 Å². The lowest BCUT2D eigenvalue weighted by molar-refractivity contribution is -0.137. The van der Waals surface area contributed by atoms with Crippen LogP contribution in [0.1, 0.15) is 66.1 Å². The second-order valence-corrected chi connectivity index (χ2v) is 10.1. The fourth-order valence-corrected chi connectivity index (χ4v) is 4.90. The Kier molecular flexibility index (Phi) is 6.54. The monoisotopic (exact) mass is 500 g/mol. The lowest BCUT2D eigenvalue weighted by atomic mass is 9.80. The van der Waals surface area contributed by atoms with Gasteiger partial charge in [-0.25, -0.2) is 14.2 Å². The summed E-state index contributed by atoms with van der Waals surface area (Å²) in [6.45, 7) is 5.12. The molecule has 1 N–H and O–H groups in total. The summed E-state index contributed by atoms with van der Waals surface area (Å²) in [6, 6.07) is 3.71. The van der Waals surface area contributed by atoms with Crippen LogP contribution in [-0.4, -0.2) is 40.2 Å². The minimum atomic E-state index is -4.62. The van der Waals surface area contributed by atoms with Crippen LogP contribution in [0.4, 0.5) is 17.6 Å². The van der Waals surface area contributed by atoms with E-state index in [9.17, 15) is 27.5 Å². The maximum Gasteiger partial charge on any atom is 0.418 e. The number of piperidine rings is 1. The van der Waals surface area contributed by atoms with Crippen molar-refractivity contribution in [3.8, 4) is 5.88 Å². The number of halogens is 5. The molecule has 34 heavy (non-hydrogen) atoms. The number of hydrogen-bond donors (Lipinski definition) is 1. The van der Waals surface area contributed by atoms with Crippen molar-refractivity contribution in [1.82, 2.24) is 9.88 Å². The zero-order chi connectivity index (χ0) is 24.8. The van der Waals surface area contributed by atoms with Gasteiger partial charge in [0, 0.05) is 31.1 Å². The first-order valence-electron chi connectivity index (χ1n) is 11.0. The molecule has 1 saturated heterocycles. The molecule has 184 valence electrons. The number of carboxylic acids is 1. The van der Waals surface area contributed by atoms with E-state index in [4.69, 9.17) is 16.3 Å². The molecule has 0 radical (unpaired) electrons. The third-order valence-corrected chi connectivity index (χ3v) is 6.82. The highest BCUT2D eigenvalue weighted by molar-refractivity contribution is 6.31. The molecule has 4 rings (SSSR count). The Morgan fingerprint density at radius 2 is 2.00 bits per heavy atom. The molecule has 0 bridgehead atoms. The molecule has 1 aromatic heterocycles. The van der Waals surface area contributed by atoms with Gasteiger partial charge in [0.25, 0.3) is 0 Å². The summed E-state index contributed by atoms with van der Waals surface area (Å²) in [5.74, 6) is -1.95. The average molecular weight is 501 g/mol. The van der Waals surface area contributed by atoms with Gasteiger partial charge < -0.3 is 9.84 Å². The third kappa shape index (κ3) is 5.15. The van der Waals surface area contributed by atoms with E-state index >= 15 is 0 Å². The van der Waals surface area contributed by atoms with Crippen molar-refractivity contribution >= 4 is 17.6 Å². The van der Waals surface area contributed by atoms with E-state index in [1.54, 1.807) is 6.07 Å². The Bertz CT molecular complexity index is 1100. The summed E-state index contributed by atoms with van der Waals surface area (Å²) in [6.07, 6.45) is -1.73. The van der Waals surface area contributed by atoms with Gasteiger partial charge >= 0.3 is 12.1 Å². The lowest BCUT2D eigenvalue weighted by Crippen LogP contribution is -2.50. The van der Waals surface area contributed by atoms with Crippen LogP contribution in [0.5, 0.6) is 5.88 Å². The van der Waals surface area contributed by atoms with E-state index in [0.29, 0.717) is 25.1 Å². The molecule has 1 aliphatic heterocycles. The molecule has 0 amide bonds. The summed E-state index contributed by atoms with van der Waals surface area (Å²) in [5, 5.41) is 9.14. The smallest absolute Gasteiger partial charge is 0.418 e. The number of rotatable bonds is 6. The van der Waals surface area contributed by atoms with Gasteiger partial charge in [-0.05, 0) is 42.4 Å². The molecule has 1 aliphatic carbocycles. The molecule has 1 unspecified atom stereocenters. The van der Waals surface area contributed by atoms with Crippen LogP contribution in [-0.2, 0) is 12.7 Å². The fraction of sp³-hybridized carbons (Fsp3) is 0.500. The quantitative estimate of drug-likeness (QED) is 0.482. The van der Waals surface area contributed by atoms with E-state index in [0.717, 1.165) is 30.7 Å². The molecule has 2 fully saturated rings. The summed E-state index contributed by atoms with van der Waals surface area (Å²) in [7, 11) is 0. The summed E-state index contributed by atoms with van der Waals surface area (Å²) in [5.41, 5.74) is -0.409. The minimum Gasteiger partial charge on any atom is -0.478 e. The molecule has 10 heteroatoms. The predicted octanol–water partition coefficient (Wildman–Crippen LogP) is 6.15. The zero-order valence-corrected chi connectivity index (χ0v) is 19.5. The first-order chi connectivity index (χ1) is 15.9. The first kappa shape index (κ1) is 24.7. The zero-order valence-electron chi connectivity index (χ0n) is 18.8. The maximum atomic E-state index is 14.4.